The van der Waals surface area contributed by atoms with Gasteiger partial charge in [-0.1, -0.05) is 6.07 Å². The van der Waals surface area contributed by atoms with Crippen LogP contribution in [0.2, 0.25) is 0 Å². The average molecular weight is 403 g/mol. The average Bonchev–Trinajstić information content (AvgIpc) is 3.13. The second-order valence-corrected chi connectivity index (χ2v) is 7.40. The van der Waals surface area contributed by atoms with Crippen molar-refractivity contribution in [3.8, 4) is 10.7 Å². The fourth-order valence-electron chi connectivity index (χ4n) is 3.00. The van der Waals surface area contributed by atoms with Crippen LogP contribution in [-0.4, -0.2) is 59.5 Å². The summed E-state index contributed by atoms with van der Waals surface area (Å²) in [6, 6.07) is 5.46. The number of methoxy groups -OCH3 is 1. The quantitative estimate of drug-likeness (QED) is 0.705. The Hall–Kier alpha value is -2.81. The third kappa shape index (κ3) is 4.53. The van der Waals surface area contributed by atoms with E-state index >= 15 is 0 Å². The number of carbonyl (C=O) groups is 3. The Balaban J connectivity index is 1.54. The second kappa shape index (κ2) is 8.92. The van der Waals surface area contributed by atoms with E-state index in [-0.39, 0.29) is 24.4 Å². The number of hydrogen-bond donors (Lipinski definition) is 0. The van der Waals surface area contributed by atoms with Crippen molar-refractivity contribution in [2.75, 3.05) is 26.8 Å². The zero-order chi connectivity index (χ0) is 20.1. The van der Waals surface area contributed by atoms with Crippen LogP contribution in [0.15, 0.2) is 24.4 Å². The lowest BCUT2D eigenvalue weighted by Gasteiger charge is -2.30. The molecule has 1 aliphatic rings. The van der Waals surface area contributed by atoms with Gasteiger partial charge in [-0.05, 0) is 31.9 Å². The molecule has 0 bridgehead atoms. The van der Waals surface area contributed by atoms with Crippen LogP contribution in [0, 0.1) is 12.8 Å². The molecule has 1 amide bonds. The summed E-state index contributed by atoms with van der Waals surface area (Å²) in [6.45, 7) is 2.27. The fourth-order valence-corrected chi connectivity index (χ4v) is 3.94. The summed E-state index contributed by atoms with van der Waals surface area (Å²) in [5.41, 5.74) is 1.22. The lowest BCUT2D eigenvalue weighted by molar-refractivity contribution is -0.149. The Morgan fingerprint density at radius 2 is 2.00 bits per heavy atom. The molecular weight excluding hydrogens is 382 g/mol. The molecule has 0 unspecified atom stereocenters. The molecule has 0 radical (unpaired) electrons. The normalized spacial score (nSPS) is 14.6. The first-order valence-corrected chi connectivity index (χ1v) is 9.72. The molecule has 0 spiro atoms. The highest BCUT2D eigenvalue weighted by Crippen LogP contribution is 2.27. The summed E-state index contributed by atoms with van der Waals surface area (Å²) in [5, 5.41) is 0.626. The molecule has 2 aromatic heterocycles. The molecule has 1 saturated heterocycles. The van der Waals surface area contributed by atoms with E-state index in [0.717, 1.165) is 0 Å². The van der Waals surface area contributed by atoms with Gasteiger partial charge in [-0.25, -0.2) is 9.78 Å². The number of ether oxygens (including phenoxy) is 2. The Kier molecular flexibility index (Phi) is 6.35. The van der Waals surface area contributed by atoms with Crippen LogP contribution < -0.4 is 0 Å². The van der Waals surface area contributed by atoms with Crippen LogP contribution in [0.5, 0.6) is 0 Å². The van der Waals surface area contributed by atoms with Crippen molar-refractivity contribution >= 4 is 29.2 Å². The lowest BCUT2D eigenvalue weighted by atomic mass is 9.97. The standard InChI is InChI=1S/C19H21N3O5S/c1-12-16(28-17(21-12)14-5-3-4-8-20-14)19(25)27-11-15(23)22-9-6-13(7-10-22)18(24)26-2/h3-5,8,13H,6-7,9-11H2,1-2H3. The first-order valence-electron chi connectivity index (χ1n) is 8.91. The predicted octanol–water partition coefficient (Wildman–Crippen LogP) is 2.08. The highest BCUT2D eigenvalue weighted by atomic mass is 32.1. The molecule has 0 saturated carbocycles. The van der Waals surface area contributed by atoms with Crippen molar-refractivity contribution in [3.63, 3.8) is 0 Å². The number of piperidine rings is 1. The third-order valence-corrected chi connectivity index (χ3v) is 5.73. The first-order chi connectivity index (χ1) is 13.5. The molecule has 148 valence electrons. The Morgan fingerprint density at radius 3 is 2.64 bits per heavy atom. The zero-order valence-electron chi connectivity index (χ0n) is 15.7. The predicted molar refractivity (Wildman–Crippen MR) is 102 cm³/mol. The van der Waals surface area contributed by atoms with Gasteiger partial charge in [0.2, 0.25) is 0 Å². The number of thiazole rings is 1. The highest BCUT2D eigenvalue weighted by Gasteiger charge is 2.28. The monoisotopic (exact) mass is 403 g/mol. The number of esters is 2. The molecule has 0 atom stereocenters. The Labute approximate surface area is 166 Å². The van der Waals surface area contributed by atoms with E-state index in [9.17, 15) is 14.4 Å². The smallest absolute Gasteiger partial charge is 0.350 e. The summed E-state index contributed by atoms with van der Waals surface area (Å²) in [5.74, 6) is -1.27. The summed E-state index contributed by atoms with van der Waals surface area (Å²) in [4.78, 5) is 46.8. The maximum Gasteiger partial charge on any atom is 0.350 e. The van der Waals surface area contributed by atoms with Crippen molar-refractivity contribution in [2.45, 2.75) is 19.8 Å². The summed E-state index contributed by atoms with van der Waals surface area (Å²) in [6.07, 6.45) is 2.76. The third-order valence-electron chi connectivity index (χ3n) is 4.57. The molecule has 1 aliphatic heterocycles. The van der Waals surface area contributed by atoms with Crippen LogP contribution in [0.1, 0.15) is 28.2 Å². The van der Waals surface area contributed by atoms with Crippen molar-refractivity contribution in [2.24, 2.45) is 5.92 Å². The van der Waals surface area contributed by atoms with Gasteiger partial charge in [-0.15, -0.1) is 11.3 Å². The number of hydrogen-bond acceptors (Lipinski definition) is 8. The van der Waals surface area contributed by atoms with Crippen LogP contribution in [0.25, 0.3) is 10.7 Å². The number of rotatable bonds is 5. The van der Waals surface area contributed by atoms with Gasteiger partial charge in [0.1, 0.15) is 9.88 Å². The van der Waals surface area contributed by atoms with Crippen LogP contribution in [0.3, 0.4) is 0 Å². The Bertz CT molecular complexity index is 860. The Morgan fingerprint density at radius 1 is 1.25 bits per heavy atom. The van der Waals surface area contributed by atoms with E-state index in [4.69, 9.17) is 9.47 Å². The molecule has 1 fully saturated rings. The van der Waals surface area contributed by atoms with Gasteiger partial charge in [0.25, 0.3) is 5.91 Å². The van der Waals surface area contributed by atoms with Gasteiger partial charge in [-0.3, -0.25) is 14.6 Å². The van der Waals surface area contributed by atoms with E-state index in [2.05, 4.69) is 9.97 Å². The minimum Gasteiger partial charge on any atom is -0.469 e. The molecule has 0 aromatic carbocycles. The van der Waals surface area contributed by atoms with Crippen molar-refractivity contribution in [1.82, 2.24) is 14.9 Å². The molecule has 3 heterocycles. The lowest BCUT2D eigenvalue weighted by Crippen LogP contribution is -2.42. The first kappa shape index (κ1) is 19.9. The number of nitrogens with zero attached hydrogens (tertiary/aromatic N) is 3. The number of likely N-dealkylation sites (tertiary alicyclic amines) is 1. The SMILES string of the molecule is COC(=O)C1CCN(C(=O)COC(=O)c2sc(-c3ccccn3)nc2C)CC1. The van der Waals surface area contributed by atoms with E-state index in [0.29, 0.717) is 47.2 Å². The maximum absolute atomic E-state index is 12.4. The van der Waals surface area contributed by atoms with Crippen LogP contribution in [-0.2, 0) is 19.1 Å². The van der Waals surface area contributed by atoms with Crippen molar-refractivity contribution < 1.29 is 23.9 Å². The minimum absolute atomic E-state index is 0.179. The number of aryl methyl sites for hydroxylation is 1. The largest absolute Gasteiger partial charge is 0.469 e. The van der Waals surface area contributed by atoms with Crippen LogP contribution >= 0.6 is 11.3 Å². The molecule has 3 rings (SSSR count). The number of amides is 1. The highest BCUT2D eigenvalue weighted by molar-refractivity contribution is 7.17. The topological polar surface area (TPSA) is 98.7 Å². The van der Waals surface area contributed by atoms with Crippen molar-refractivity contribution in [3.05, 3.63) is 35.0 Å². The summed E-state index contributed by atoms with van der Waals surface area (Å²) < 4.78 is 9.93. The van der Waals surface area contributed by atoms with E-state index < -0.39 is 5.97 Å². The van der Waals surface area contributed by atoms with Crippen molar-refractivity contribution in [1.29, 1.82) is 0 Å². The molecule has 28 heavy (non-hydrogen) atoms. The van der Waals surface area contributed by atoms with Gasteiger partial charge in [0.05, 0.1) is 24.4 Å². The van der Waals surface area contributed by atoms with Gasteiger partial charge in [0.15, 0.2) is 6.61 Å². The second-order valence-electron chi connectivity index (χ2n) is 6.40. The van der Waals surface area contributed by atoms with E-state index in [1.165, 1.54) is 18.4 Å². The molecule has 0 N–H and O–H groups in total. The van der Waals surface area contributed by atoms with Crippen LogP contribution in [0.4, 0.5) is 0 Å². The number of aromatic nitrogens is 2. The summed E-state index contributed by atoms with van der Waals surface area (Å²) >= 11 is 1.19. The molecule has 9 heteroatoms. The van der Waals surface area contributed by atoms with Gasteiger partial charge < -0.3 is 14.4 Å². The summed E-state index contributed by atoms with van der Waals surface area (Å²) in [7, 11) is 1.36. The van der Waals surface area contributed by atoms with Gasteiger partial charge >= 0.3 is 11.9 Å². The van der Waals surface area contributed by atoms with E-state index in [1.54, 1.807) is 24.1 Å². The molecule has 2 aromatic rings. The van der Waals surface area contributed by atoms with E-state index in [1.807, 2.05) is 12.1 Å². The number of carbonyl (C=O) groups excluding carboxylic acids is 3. The maximum atomic E-state index is 12.4. The fraction of sp³-hybridized carbons (Fsp3) is 0.421. The zero-order valence-corrected chi connectivity index (χ0v) is 16.5. The number of pyridine rings is 1. The van der Waals surface area contributed by atoms with Gasteiger partial charge in [-0.2, -0.15) is 0 Å². The molecular formula is C19H21N3O5S. The van der Waals surface area contributed by atoms with Gasteiger partial charge in [0, 0.05) is 19.3 Å². The molecule has 0 aliphatic carbocycles. The minimum atomic E-state index is -0.574. The molecule has 8 nitrogen and oxygen atoms in total.